The van der Waals surface area contributed by atoms with Crippen LogP contribution in [0.25, 0.3) is 111 Å². The fourth-order valence-electron chi connectivity index (χ4n) is 7.59. The quantitative estimate of drug-likeness (QED) is 0.187. The summed E-state index contributed by atoms with van der Waals surface area (Å²) in [7, 11) is 0. The van der Waals surface area contributed by atoms with E-state index >= 15 is 0 Å². The third kappa shape index (κ3) is 4.53. The molecule has 0 aliphatic carbocycles. The molecule has 11 rings (SSSR count). The second-order valence-corrected chi connectivity index (χ2v) is 13.2. The van der Waals surface area contributed by atoms with E-state index in [1.807, 2.05) is 48.5 Å². The van der Waals surface area contributed by atoms with Crippen LogP contribution in [0, 0.1) is 0 Å². The van der Waals surface area contributed by atoms with Crippen molar-refractivity contribution in [1.82, 2.24) is 15.0 Å². The first-order chi connectivity index (χ1) is 25.7. The van der Waals surface area contributed by atoms with E-state index in [2.05, 4.69) is 115 Å². The fraction of sp³-hybridized carbons (Fsp3) is 0. The molecule has 0 aliphatic heterocycles. The fourth-order valence-corrected chi connectivity index (χ4v) is 7.59. The van der Waals surface area contributed by atoms with E-state index in [9.17, 15) is 0 Å². The maximum atomic E-state index is 6.27. The minimum atomic E-state index is 0.587. The van der Waals surface area contributed by atoms with Gasteiger partial charge < -0.3 is 8.83 Å². The average molecular weight is 666 g/mol. The first kappa shape index (κ1) is 28.7. The largest absolute Gasteiger partial charge is 0.456 e. The molecule has 0 atom stereocenters. The van der Waals surface area contributed by atoms with E-state index < -0.39 is 0 Å². The molecule has 242 valence electrons. The summed E-state index contributed by atoms with van der Waals surface area (Å²) in [5, 5.41) is 8.66. The number of benzene rings is 8. The van der Waals surface area contributed by atoms with Crippen LogP contribution in [0.4, 0.5) is 0 Å². The van der Waals surface area contributed by atoms with Crippen LogP contribution in [0.1, 0.15) is 0 Å². The molecule has 0 spiro atoms. The van der Waals surface area contributed by atoms with Gasteiger partial charge in [-0.3, -0.25) is 0 Å². The van der Waals surface area contributed by atoms with E-state index in [0.717, 1.165) is 82.1 Å². The SMILES string of the molecule is c1ccc(-c2ccc3cc(-c4nc(-c5ccc6ccc7oc8ccccc8c7c6c5)nc(-c5cccc6oc7ccccc7c56)n4)ccc3c2)cc1. The summed E-state index contributed by atoms with van der Waals surface area (Å²) in [6.07, 6.45) is 0. The van der Waals surface area contributed by atoms with Gasteiger partial charge in [-0.05, 0) is 75.1 Å². The molecular formula is C47H27N3O2. The molecule has 5 nitrogen and oxygen atoms in total. The number of aromatic nitrogens is 3. The molecule has 0 unspecified atom stereocenters. The highest BCUT2D eigenvalue weighted by molar-refractivity contribution is 6.19. The summed E-state index contributed by atoms with van der Waals surface area (Å²) in [5.41, 5.74) is 8.42. The minimum absolute atomic E-state index is 0.587. The number of para-hydroxylation sites is 2. The first-order valence-electron chi connectivity index (χ1n) is 17.3. The van der Waals surface area contributed by atoms with E-state index in [1.165, 1.54) is 11.1 Å². The Morgan fingerprint density at radius 1 is 0.308 bits per heavy atom. The van der Waals surface area contributed by atoms with Crippen molar-refractivity contribution in [3.8, 4) is 45.3 Å². The van der Waals surface area contributed by atoms with Crippen LogP contribution >= 0.6 is 0 Å². The van der Waals surface area contributed by atoms with Gasteiger partial charge in [0.2, 0.25) is 0 Å². The van der Waals surface area contributed by atoms with E-state index in [4.69, 9.17) is 23.8 Å². The van der Waals surface area contributed by atoms with Gasteiger partial charge in [-0.2, -0.15) is 0 Å². The second kappa shape index (κ2) is 11.2. The predicted octanol–water partition coefficient (Wildman–Crippen LogP) is 12.6. The number of hydrogen-bond donors (Lipinski definition) is 0. The summed E-state index contributed by atoms with van der Waals surface area (Å²) in [5.74, 6) is 1.78. The highest BCUT2D eigenvalue weighted by Gasteiger charge is 2.19. The van der Waals surface area contributed by atoms with Gasteiger partial charge >= 0.3 is 0 Å². The van der Waals surface area contributed by atoms with Crippen molar-refractivity contribution in [3.63, 3.8) is 0 Å². The summed E-state index contributed by atoms with van der Waals surface area (Å²) in [6.45, 7) is 0. The molecule has 0 amide bonds. The van der Waals surface area contributed by atoms with Crippen molar-refractivity contribution < 1.29 is 8.83 Å². The summed E-state index contributed by atoms with van der Waals surface area (Å²) in [4.78, 5) is 15.5. The van der Waals surface area contributed by atoms with Crippen molar-refractivity contribution in [2.75, 3.05) is 0 Å². The third-order valence-corrected chi connectivity index (χ3v) is 10.1. The Morgan fingerprint density at radius 3 is 1.60 bits per heavy atom. The molecule has 5 heteroatoms. The first-order valence-corrected chi connectivity index (χ1v) is 17.3. The highest BCUT2D eigenvalue weighted by atomic mass is 16.3. The zero-order valence-corrected chi connectivity index (χ0v) is 27.7. The lowest BCUT2D eigenvalue weighted by atomic mass is 9.99. The van der Waals surface area contributed by atoms with Crippen molar-refractivity contribution >= 4 is 65.4 Å². The normalized spacial score (nSPS) is 11.8. The van der Waals surface area contributed by atoms with Crippen LogP contribution in [0.2, 0.25) is 0 Å². The number of hydrogen-bond acceptors (Lipinski definition) is 5. The average Bonchev–Trinajstić information content (AvgIpc) is 3.79. The Morgan fingerprint density at radius 2 is 0.846 bits per heavy atom. The Hall–Kier alpha value is -7.11. The Labute approximate surface area is 297 Å². The third-order valence-electron chi connectivity index (χ3n) is 10.1. The topological polar surface area (TPSA) is 65.0 Å². The van der Waals surface area contributed by atoms with Crippen LogP contribution in [0.5, 0.6) is 0 Å². The van der Waals surface area contributed by atoms with Crippen LogP contribution in [-0.2, 0) is 0 Å². The molecular weight excluding hydrogens is 639 g/mol. The molecule has 0 saturated heterocycles. The smallest absolute Gasteiger partial charge is 0.164 e. The van der Waals surface area contributed by atoms with Gasteiger partial charge in [-0.15, -0.1) is 0 Å². The van der Waals surface area contributed by atoms with Crippen molar-refractivity contribution in [1.29, 1.82) is 0 Å². The monoisotopic (exact) mass is 665 g/mol. The van der Waals surface area contributed by atoms with E-state index in [-0.39, 0.29) is 0 Å². The lowest BCUT2D eigenvalue weighted by Gasteiger charge is -2.11. The van der Waals surface area contributed by atoms with Crippen LogP contribution < -0.4 is 0 Å². The summed E-state index contributed by atoms with van der Waals surface area (Å²) >= 11 is 0. The number of fused-ring (bicyclic) bond motifs is 9. The van der Waals surface area contributed by atoms with Gasteiger partial charge in [-0.1, -0.05) is 121 Å². The standard InChI is InChI=1S/C47H27N3O2/c1-2-9-28(10-3-1)30-18-19-32-26-33(22-20-31(32)25-30)45-48-46(50-47(49-45)37-13-8-16-41-43(37)35-11-4-6-14-39(35)51-41)34-21-17-29-23-24-42-44(38(29)27-34)36-12-5-7-15-40(36)52-42/h1-27H. The van der Waals surface area contributed by atoms with Gasteiger partial charge in [-0.25, -0.2) is 15.0 Å². The molecule has 3 heterocycles. The molecule has 0 N–H and O–H groups in total. The molecule has 0 saturated carbocycles. The molecule has 8 aromatic carbocycles. The minimum Gasteiger partial charge on any atom is -0.456 e. The van der Waals surface area contributed by atoms with E-state index in [0.29, 0.717) is 17.5 Å². The number of rotatable bonds is 4. The second-order valence-electron chi connectivity index (χ2n) is 13.2. The van der Waals surface area contributed by atoms with Crippen LogP contribution in [-0.4, -0.2) is 15.0 Å². The highest BCUT2D eigenvalue weighted by Crippen LogP contribution is 2.39. The van der Waals surface area contributed by atoms with Gasteiger partial charge in [0.05, 0.1) is 0 Å². The maximum absolute atomic E-state index is 6.27. The maximum Gasteiger partial charge on any atom is 0.164 e. The summed E-state index contributed by atoms with van der Waals surface area (Å²) < 4.78 is 12.5. The molecule has 0 fully saturated rings. The van der Waals surface area contributed by atoms with Crippen LogP contribution in [0.3, 0.4) is 0 Å². The Balaban J connectivity index is 1.14. The predicted molar refractivity (Wildman–Crippen MR) is 211 cm³/mol. The zero-order valence-electron chi connectivity index (χ0n) is 27.7. The molecule has 0 bridgehead atoms. The zero-order chi connectivity index (χ0) is 34.2. The van der Waals surface area contributed by atoms with Crippen molar-refractivity contribution in [3.05, 3.63) is 164 Å². The molecule has 3 aromatic heterocycles. The molecule has 0 aliphatic rings. The van der Waals surface area contributed by atoms with Crippen LogP contribution in [0.15, 0.2) is 173 Å². The summed E-state index contributed by atoms with van der Waals surface area (Å²) in [6, 6.07) is 56.4. The molecule has 52 heavy (non-hydrogen) atoms. The van der Waals surface area contributed by atoms with Gasteiger partial charge in [0.15, 0.2) is 17.5 Å². The number of furan rings is 2. The van der Waals surface area contributed by atoms with Gasteiger partial charge in [0.25, 0.3) is 0 Å². The molecule has 11 aromatic rings. The van der Waals surface area contributed by atoms with Crippen molar-refractivity contribution in [2.24, 2.45) is 0 Å². The van der Waals surface area contributed by atoms with Gasteiger partial charge in [0, 0.05) is 38.2 Å². The lowest BCUT2D eigenvalue weighted by Crippen LogP contribution is -2.00. The lowest BCUT2D eigenvalue weighted by molar-refractivity contribution is 0.668. The number of nitrogens with zero attached hydrogens (tertiary/aromatic N) is 3. The Kier molecular flexibility index (Phi) is 6.18. The van der Waals surface area contributed by atoms with Gasteiger partial charge in [0.1, 0.15) is 22.3 Å². The molecule has 0 radical (unpaired) electrons. The Bertz CT molecular complexity index is 3190. The van der Waals surface area contributed by atoms with E-state index in [1.54, 1.807) is 0 Å². The van der Waals surface area contributed by atoms with Crippen molar-refractivity contribution in [2.45, 2.75) is 0 Å².